The van der Waals surface area contributed by atoms with Crippen molar-refractivity contribution in [2.75, 3.05) is 0 Å². The second-order valence-corrected chi connectivity index (χ2v) is 10.2. The van der Waals surface area contributed by atoms with Crippen molar-refractivity contribution in [3.63, 3.8) is 0 Å². The van der Waals surface area contributed by atoms with E-state index in [2.05, 4.69) is 92.6 Å². The van der Waals surface area contributed by atoms with Crippen LogP contribution >= 0.6 is 0 Å². The SMILES string of the molecule is Cc1noc(C)c1-c1cnc2c(c1)CC=C2.Cc1noc(C)c1-c1cnc2ccn(C(C)c3ccccc3)c2c1. The van der Waals surface area contributed by atoms with Gasteiger partial charge in [0.05, 0.1) is 34.2 Å². The summed E-state index contributed by atoms with van der Waals surface area (Å²) in [6.07, 6.45) is 11.1. The number of rotatable bonds is 4. The monoisotopic (exact) mass is 529 g/mol. The van der Waals surface area contributed by atoms with Crippen molar-refractivity contribution in [3.05, 3.63) is 113 Å². The van der Waals surface area contributed by atoms with E-state index < -0.39 is 0 Å². The van der Waals surface area contributed by atoms with Gasteiger partial charge < -0.3 is 13.6 Å². The van der Waals surface area contributed by atoms with Crippen LogP contribution in [0.1, 0.15) is 52.7 Å². The van der Waals surface area contributed by atoms with E-state index in [0.29, 0.717) is 0 Å². The molecule has 0 aliphatic heterocycles. The first kappa shape index (κ1) is 25.5. The zero-order valence-electron chi connectivity index (χ0n) is 23.3. The van der Waals surface area contributed by atoms with E-state index in [9.17, 15) is 0 Å². The van der Waals surface area contributed by atoms with Crippen LogP contribution < -0.4 is 0 Å². The lowest BCUT2D eigenvalue weighted by Crippen LogP contribution is -2.05. The third-order valence-corrected chi connectivity index (χ3v) is 7.53. The van der Waals surface area contributed by atoms with E-state index in [-0.39, 0.29) is 6.04 Å². The first-order valence-corrected chi connectivity index (χ1v) is 13.4. The number of aromatic nitrogens is 5. The van der Waals surface area contributed by atoms with Crippen LogP contribution in [0.2, 0.25) is 0 Å². The van der Waals surface area contributed by atoms with Crippen LogP contribution in [0.15, 0.2) is 82.2 Å². The molecule has 0 radical (unpaired) electrons. The molecule has 0 saturated heterocycles. The van der Waals surface area contributed by atoms with Gasteiger partial charge in [-0.05, 0) is 76.4 Å². The molecule has 7 nitrogen and oxygen atoms in total. The third kappa shape index (κ3) is 4.64. The van der Waals surface area contributed by atoms with Crippen molar-refractivity contribution in [1.29, 1.82) is 0 Å². The Labute approximate surface area is 233 Å². The summed E-state index contributed by atoms with van der Waals surface area (Å²) in [7, 11) is 0. The number of benzene rings is 1. The summed E-state index contributed by atoms with van der Waals surface area (Å²) in [4.78, 5) is 9.07. The van der Waals surface area contributed by atoms with Crippen molar-refractivity contribution >= 4 is 17.1 Å². The highest BCUT2D eigenvalue weighted by molar-refractivity contribution is 5.82. The van der Waals surface area contributed by atoms with E-state index >= 15 is 0 Å². The Balaban J connectivity index is 0.000000157. The molecule has 5 heterocycles. The Morgan fingerprint density at radius 3 is 2.10 bits per heavy atom. The fraction of sp³-hybridized carbons (Fsp3) is 0.212. The van der Waals surface area contributed by atoms with Crippen molar-refractivity contribution < 1.29 is 9.05 Å². The minimum atomic E-state index is 0.241. The standard InChI is InChI=1S/C20H19N3O.C13H12N2O/c1-13-20(15(3)24-22-13)17-11-19-18(21-12-17)9-10-23(19)14(2)16-7-5-4-6-8-16;1-8-13(9(2)16-15-8)11-6-10-4-3-5-12(10)14-7-11/h4-12,14H,1-3H3;3,5-7H,4H2,1-2H3. The van der Waals surface area contributed by atoms with Gasteiger partial charge in [0.15, 0.2) is 0 Å². The third-order valence-electron chi connectivity index (χ3n) is 7.53. The number of pyridine rings is 2. The second kappa shape index (κ2) is 10.4. The van der Waals surface area contributed by atoms with Gasteiger partial charge in [-0.15, -0.1) is 0 Å². The summed E-state index contributed by atoms with van der Waals surface area (Å²) in [5.41, 5.74) is 11.8. The van der Waals surface area contributed by atoms with Gasteiger partial charge in [-0.1, -0.05) is 46.7 Å². The maximum absolute atomic E-state index is 5.31. The molecular formula is C33H31N5O2. The van der Waals surface area contributed by atoms with Gasteiger partial charge in [0, 0.05) is 40.8 Å². The predicted octanol–water partition coefficient (Wildman–Crippen LogP) is 7.84. The van der Waals surface area contributed by atoms with Gasteiger partial charge in [0.2, 0.25) is 0 Å². The molecule has 0 bridgehead atoms. The largest absolute Gasteiger partial charge is 0.361 e. The molecule has 7 heteroatoms. The Morgan fingerprint density at radius 2 is 1.45 bits per heavy atom. The van der Waals surface area contributed by atoms with Crippen molar-refractivity contribution in [3.8, 4) is 22.3 Å². The molecule has 1 aliphatic rings. The Morgan fingerprint density at radius 1 is 0.800 bits per heavy atom. The average molecular weight is 530 g/mol. The Hall–Kier alpha value is -4.78. The topological polar surface area (TPSA) is 82.8 Å². The lowest BCUT2D eigenvalue weighted by atomic mass is 10.0. The molecule has 5 aromatic heterocycles. The molecule has 0 spiro atoms. The number of allylic oxidation sites excluding steroid dienone is 1. The molecule has 1 unspecified atom stereocenters. The first-order chi connectivity index (χ1) is 19.4. The van der Waals surface area contributed by atoms with Gasteiger partial charge in [-0.25, -0.2) is 0 Å². The van der Waals surface area contributed by atoms with Crippen molar-refractivity contribution in [1.82, 2.24) is 24.8 Å². The smallest absolute Gasteiger partial charge is 0.141 e. The van der Waals surface area contributed by atoms with Gasteiger partial charge in [-0.2, -0.15) is 0 Å². The molecule has 7 rings (SSSR count). The average Bonchev–Trinajstić information content (AvgIpc) is 3.75. The highest BCUT2D eigenvalue weighted by Crippen LogP contribution is 2.31. The second-order valence-electron chi connectivity index (χ2n) is 10.2. The van der Waals surface area contributed by atoms with E-state index in [4.69, 9.17) is 9.05 Å². The lowest BCUT2D eigenvalue weighted by molar-refractivity contribution is 0.393. The predicted molar refractivity (Wildman–Crippen MR) is 157 cm³/mol. The van der Waals surface area contributed by atoms with E-state index in [1.165, 1.54) is 11.1 Å². The molecule has 0 amide bonds. The number of aryl methyl sites for hydroxylation is 4. The summed E-state index contributed by atoms with van der Waals surface area (Å²) in [6, 6.07) is 17.2. The van der Waals surface area contributed by atoms with Gasteiger partial charge in [0.1, 0.15) is 11.5 Å². The summed E-state index contributed by atoms with van der Waals surface area (Å²) in [5.74, 6) is 1.67. The van der Waals surface area contributed by atoms with Crippen LogP contribution in [0.5, 0.6) is 0 Å². The summed E-state index contributed by atoms with van der Waals surface area (Å²) in [5, 5.41) is 8.02. The molecule has 6 aromatic rings. The van der Waals surface area contributed by atoms with Crippen LogP contribution in [-0.2, 0) is 6.42 Å². The normalized spacial score (nSPS) is 12.8. The highest BCUT2D eigenvalue weighted by atomic mass is 16.5. The molecule has 40 heavy (non-hydrogen) atoms. The highest BCUT2D eigenvalue weighted by Gasteiger charge is 2.16. The quantitative estimate of drug-likeness (QED) is 0.231. The van der Waals surface area contributed by atoms with Crippen LogP contribution in [0.3, 0.4) is 0 Å². The first-order valence-electron chi connectivity index (χ1n) is 13.4. The fourth-order valence-corrected chi connectivity index (χ4v) is 5.46. The molecule has 1 aliphatic carbocycles. The minimum absolute atomic E-state index is 0.241. The van der Waals surface area contributed by atoms with Gasteiger partial charge in [0.25, 0.3) is 0 Å². The van der Waals surface area contributed by atoms with E-state index in [0.717, 1.165) is 68.3 Å². The van der Waals surface area contributed by atoms with Crippen molar-refractivity contribution in [2.24, 2.45) is 0 Å². The summed E-state index contributed by atoms with van der Waals surface area (Å²) in [6.45, 7) is 9.99. The van der Waals surface area contributed by atoms with Crippen LogP contribution in [0.25, 0.3) is 39.4 Å². The van der Waals surface area contributed by atoms with Gasteiger partial charge in [-0.3, -0.25) is 9.97 Å². The zero-order chi connectivity index (χ0) is 27.8. The number of nitrogens with zero attached hydrogens (tertiary/aromatic N) is 5. The van der Waals surface area contributed by atoms with Crippen molar-refractivity contribution in [2.45, 2.75) is 47.1 Å². The zero-order valence-corrected chi connectivity index (χ0v) is 23.3. The number of fused-ring (bicyclic) bond motifs is 2. The molecule has 0 N–H and O–H groups in total. The maximum Gasteiger partial charge on any atom is 0.141 e. The minimum Gasteiger partial charge on any atom is -0.361 e. The fourth-order valence-electron chi connectivity index (χ4n) is 5.46. The molecule has 0 saturated carbocycles. The lowest BCUT2D eigenvalue weighted by Gasteiger charge is -2.16. The Kier molecular flexibility index (Phi) is 6.64. The molecule has 0 fully saturated rings. The summed E-state index contributed by atoms with van der Waals surface area (Å²) >= 11 is 0. The van der Waals surface area contributed by atoms with Crippen LogP contribution in [-0.4, -0.2) is 24.8 Å². The van der Waals surface area contributed by atoms with Crippen LogP contribution in [0, 0.1) is 27.7 Å². The molecule has 1 atom stereocenters. The number of hydrogen-bond acceptors (Lipinski definition) is 6. The van der Waals surface area contributed by atoms with E-state index in [1.807, 2.05) is 46.2 Å². The molecule has 200 valence electrons. The number of hydrogen-bond donors (Lipinski definition) is 0. The summed E-state index contributed by atoms with van der Waals surface area (Å²) < 4.78 is 12.7. The van der Waals surface area contributed by atoms with Crippen LogP contribution in [0.4, 0.5) is 0 Å². The maximum atomic E-state index is 5.31. The Bertz CT molecular complexity index is 1800. The molecular weight excluding hydrogens is 498 g/mol. The van der Waals surface area contributed by atoms with E-state index in [1.54, 1.807) is 0 Å². The van der Waals surface area contributed by atoms with Gasteiger partial charge >= 0.3 is 0 Å². The molecule has 1 aromatic carbocycles.